The van der Waals surface area contributed by atoms with Gasteiger partial charge in [-0.25, -0.2) is 4.79 Å². The summed E-state index contributed by atoms with van der Waals surface area (Å²) in [6, 6.07) is 3.51. The van der Waals surface area contributed by atoms with Gasteiger partial charge < -0.3 is 14.7 Å². The molecule has 1 fully saturated rings. The summed E-state index contributed by atoms with van der Waals surface area (Å²) in [7, 11) is 0. The molecule has 1 atom stereocenters. The van der Waals surface area contributed by atoms with Gasteiger partial charge in [-0.2, -0.15) is 4.98 Å². The number of piperidine rings is 1. The molecule has 1 unspecified atom stereocenters. The number of hydrogen-bond acceptors (Lipinski definition) is 6. The minimum Gasteiger partial charge on any atom is -0.339 e. The molecule has 4 heterocycles. The molecule has 0 aromatic carbocycles. The van der Waals surface area contributed by atoms with E-state index in [0.717, 1.165) is 25.1 Å². The summed E-state index contributed by atoms with van der Waals surface area (Å²) in [6.45, 7) is 5.51. The summed E-state index contributed by atoms with van der Waals surface area (Å²) in [5.41, 5.74) is 1.26. The number of anilines is 1. The van der Waals surface area contributed by atoms with Gasteiger partial charge in [-0.15, -0.1) is 10.2 Å². The standard InChI is InChI=1S/C18H23N7O2/c1-12(2)9-15-21-17(27-23-15)13-5-3-7-24(10-13)18(26)20-14-6-4-8-25-11-19-22-16(14)25/h4,6,8,11-13H,3,5,7,9-10H2,1-2H3,(H,20,26). The zero-order chi connectivity index (χ0) is 18.8. The normalized spacial score (nSPS) is 17.6. The first-order valence-corrected chi connectivity index (χ1v) is 9.27. The number of carbonyl (C=O) groups is 1. The van der Waals surface area contributed by atoms with Crippen LogP contribution in [0.2, 0.25) is 0 Å². The third kappa shape index (κ3) is 3.76. The first-order valence-electron chi connectivity index (χ1n) is 9.27. The number of nitrogens with one attached hydrogen (secondary N) is 1. The number of fused-ring (bicyclic) bond motifs is 1. The Morgan fingerprint density at radius 1 is 1.44 bits per heavy atom. The second kappa shape index (κ2) is 7.34. The highest BCUT2D eigenvalue weighted by Gasteiger charge is 2.29. The van der Waals surface area contributed by atoms with Crippen LogP contribution >= 0.6 is 0 Å². The van der Waals surface area contributed by atoms with E-state index in [4.69, 9.17) is 4.52 Å². The number of urea groups is 1. The molecule has 0 saturated carbocycles. The molecule has 0 aliphatic carbocycles. The van der Waals surface area contributed by atoms with Crippen LogP contribution in [0.15, 0.2) is 29.2 Å². The van der Waals surface area contributed by atoms with Crippen LogP contribution < -0.4 is 5.32 Å². The fourth-order valence-corrected chi connectivity index (χ4v) is 3.39. The number of aromatic nitrogens is 5. The van der Waals surface area contributed by atoms with E-state index in [9.17, 15) is 4.79 Å². The molecule has 1 saturated heterocycles. The summed E-state index contributed by atoms with van der Waals surface area (Å²) in [5.74, 6) is 1.91. The molecule has 3 aromatic rings. The van der Waals surface area contributed by atoms with E-state index in [-0.39, 0.29) is 11.9 Å². The fraction of sp³-hybridized carbons (Fsp3) is 0.500. The maximum Gasteiger partial charge on any atom is 0.321 e. The van der Waals surface area contributed by atoms with Crippen molar-refractivity contribution < 1.29 is 9.32 Å². The lowest BCUT2D eigenvalue weighted by Gasteiger charge is -2.31. The Morgan fingerprint density at radius 2 is 2.33 bits per heavy atom. The summed E-state index contributed by atoms with van der Waals surface area (Å²) >= 11 is 0. The number of carbonyl (C=O) groups excluding carboxylic acids is 1. The predicted molar refractivity (Wildman–Crippen MR) is 98.4 cm³/mol. The van der Waals surface area contributed by atoms with Crippen LogP contribution in [0, 0.1) is 5.92 Å². The largest absolute Gasteiger partial charge is 0.339 e. The molecule has 1 aliphatic heterocycles. The predicted octanol–water partition coefficient (Wildman–Crippen LogP) is 2.72. The number of rotatable bonds is 4. The highest BCUT2D eigenvalue weighted by atomic mass is 16.5. The van der Waals surface area contributed by atoms with Crippen molar-refractivity contribution in [3.05, 3.63) is 36.4 Å². The molecule has 2 amide bonds. The van der Waals surface area contributed by atoms with Crippen molar-refractivity contribution in [1.82, 2.24) is 29.6 Å². The Labute approximate surface area is 156 Å². The van der Waals surface area contributed by atoms with Crippen molar-refractivity contribution in [2.75, 3.05) is 18.4 Å². The van der Waals surface area contributed by atoms with E-state index < -0.39 is 0 Å². The number of amides is 2. The third-order valence-corrected chi connectivity index (χ3v) is 4.70. The average Bonchev–Trinajstić information content (AvgIpc) is 3.31. The maximum atomic E-state index is 12.8. The third-order valence-electron chi connectivity index (χ3n) is 4.70. The smallest absolute Gasteiger partial charge is 0.321 e. The molecular weight excluding hydrogens is 346 g/mol. The molecule has 3 aromatic heterocycles. The maximum absolute atomic E-state index is 12.8. The van der Waals surface area contributed by atoms with E-state index in [1.165, 1.54) is 0 Å². The van der Waals surface area contributed by atoms with Crippen molar-refractivity contribution in [2.24, 2.45) is 5.92 Å². The van der Waals surface area contributed by atoms with Crippen molar-refractivity contribution in [3.63, 3.8) is 0 Å². The van der Waals surface area contributed by atoms with Gasteiger partial charge in [0, 0.05) is 25.7 Å². The van der Waals surface area contributed by atoms with Crippen LogP contribution in [-0.4, -0.2) is 48.8 Å². The summed E-state index contributed by atoms with van der Waals surface area (Å²) < 4.78 is 7.22. The molecular formula is C18H23N7O2. The monoisotopic (exact) mass is 369 g/mol. The number of likely N-dealkylation sites (tertiary alicyclic amines) is 1. The zero-order valence-corrected chi connectivity index (χ0v) is 15.5. The van der Waals surface area contributed by atoms with E-state index in [1.54, 1.807) is 15.6 Å². The van der Waals surface area contributed by atoms with Crippen LogP contribution in [0.3, 0.4) is 0 Å². The first kappa shape index (κ1) is 17.4. The summed E-state index contributed by atoms with van der Waals surface area (Å²) in [5, 5.41) is 14.9. The highest BCUT2D eigenvalue weighted by molar-refractivity contribution is 5.93. The summed E-state index contributed by atoms with van der Waals surface area (Å²) in [6.07, 6.45) is 6.07. The Balaban J connectivity index is 1.44. The lowest BCUT2D eigenvalue weighted by molar-refractivity contribution is 0.184. The van der Waals surface area contributed by atoms with Crippen LogP contribution in [0.4, 0.5) is 10.5 Å². The molecule has 0 spiro atoms. The SMILES string of the molecule is CC(C)Cc1noc(C2CCCN(C(=O)Nc3cccn4cnnc34)C2)n1. The Bertz CT molecular complexity index is 933. The highest BCUT2D eigenvalue weighted by Crippen LogP contribution is 2.26. The van der Waals surface area contributed by atoms with E-state index in [2.05, 4.69) is 39.5 Å². The Hall–Kier alpha value is -2.97. The van der Waals surface area contributed by atoms with Crippen molar-refractivity contribution in [3.8, 4) is 0 Å². The zero-order valence-electron chi connectivity index (χ0n) is 15.5. The topological polar surface area (TPSA) is 101 Å². The van der Waals surface area contributed by atoms with Gasteiger partial charge in [0.1, 0.15) is 6.33 Å². The lowest BCUT2D eigenvalue weighted by atomic mass is 9.98. The van der Waals surface area contributed by atoms with Crippen molar-refractivity contribution in [1.29, 1.82) is 0 Å². The van der Waals surface area contributed by atoms with Gasteiger partial charge >= 0.3 is 6.03 Å². The van der Waals surface area contributed by atoms with Gasteiger partial charge in [-0.05, 0) is 30.9 Å². The minimum atomic E-state index is -0.155. The molecule has 27 heavy (non-hydrogen) atoms. The van der Waals surface area contributed by atoms with Crippen LogP contribution in [0.5, 0.6) is 0 Å². The van der Waals surface area contributed by atoms with Crippen molar-refractivity contribution >= 4 is 17.4 Å². The van der Waals surface area contributed by atoms with Crippen molar-refractivity contribution in [2.45, 2.75) is 39.0 Å². The van der Waals surface area contributed by atoms with Crippen LogP contribution in [0.25, 0.3) is 5.65 Å². The molecule has 4 rings (SSSR count). The fourth-order valence-electron chi connectivity index (χ4n) is 3.39. The minimum absolute atomic E-state index is 0.0711. The average molecular weight is 369 g/mol. The van der Waals surface area contributed by atoms with Crippen LogP contribution in [0.1, 0.15) is 44.3 Å². The van der Waals surface area contributed by atoms with Gasteiger partial charge in [0.25, 0.3) is 0 Å². The Morgan fingerprint density at radius 3 is 3.19 bits per heavy atom. The first-order chi connectivity index (χ1) is 13.1. The molecule has 9 heteroatoms. The van der Waals surface area contributed by atoms with Crippen LogP contribution in [-0.2, 0) is 6.42 Å². The van der Waals surface area contributed by atoms with Gasteiger partial charge in [0.05, 0.1) is 11.6 Å². The van der Waals surface area contributed by atoms with E-state index in [0.29, 0.717) is 36.2 Å². The van der Waals surface area contributed by atoms with Gasteiger partial charge in [-0.1, -0.05) is 19.0 Å². The second-order valence-electron chi connectivity index (χ2n) is 7.35. The molecule has 142 valence electrons. The number of pyridine rings is 1. The van der Waals surface area contributed by atoms with E-state index >= 15 is 0 Å². The van der Waals surface area contributed by atoms with Gasteiger partial charge in [-0.3, -0.25) is 4.40 Å². The number of hydrogen-bond donors (Lipinski definition) is 1. The molecule has 1 aliphatic rings. The summed E-state index contributed by atoms with van der Waals surface area (Å²) in [4.78, 5) is 19.1. The second-order valence-corrected chi connectivity index (χ2v) is 7.35. The van der Waals surface area contributed by atoms with E-state index in [1.807, 2.05) is 18.3 Å². The molecule has 9 nitrogen and oxygen atoms in total. The lowest BCUT2D eigenvalue weighted by Crippen LogP contribution is -2.41. The molecule has 0 radical (unpaired) electrons. The Kier molecular flexibility index (Phi) is 4.74. The van der Waals surface area contributed by atoms with Gasteiger partial charge in [0.2, 0.25) is 5.89 Å². The quantitative estimate of drug-likeness (QED) is 0.759. The van der Waals surface area contributed by atoms with Gasteiger partial charge in [0.15, 0.2) is 11.5 Å². The molecule has 0 bridgehead atoms. The number of nitrogens with zero attached hydrogens (tertiary/aromatic N) is 6. The molecule has 1 N–H and O–H groups in total.